The largest absolute Gasteiger partial charge is 0.341 e. The van der Waals surface area contributed by atoms with Gasteiger partial charge in [-0.3, -0.25) is 19.2 Å². The van der Waals surface area contributed by atoms with E-state index >= 15 is 0 Å². The van der Waals surface area contributed by atoms with Crippen LogP contribution in [0, 0.1) is 0 Å². The van der Waals surface area contributed by atoms with Gasteiger partial charge in [-0.15, -0.1) is 0 Å². The number of likely N-dealkylation sites (tertiary alicyclic amines) is 4. The van der Waals surface area contributed by atoms with E-state index in [0.29, 0.717) is 37.1 Å². The van der Waals surface area contributed by atoms with Crippen LogP contribution in [0.5, 0.6) is 0 Å². The maximum Gasteiger partial charge on any atom is 0.254 e. The molecule has 1 aromatic rings. The van der Waals surface area contributed by atoms with Crippen molar-refractivity contribution in [1.29, 1.82) is 0 Å². The van der Waals surface area contributed by atoms with Crippen molar-refractivity contribution in [3.8, 4) is 0 Å². The number of amides is 4. The van der Waals surface area contributed by atoms with E-state index in [0.717, 1.165) is 64.7 Å². The fourth-order valence-electron chi connectivity index (χ4n) is 5.92. The summed E-state index contributed by atoms with van der Waals surface area (Å²) in [6.07, 6.45) is 7.19. The molecule has 0 spiro atoms. The first kappa shape index (κ1) is 22.9. The highest BCUT2D eigenvalue weighted by atomic mass is 16.2. The number of carbonyl (C=O) groups excluding carboxylic acids is 4. The van der Waals surface area contributed by atoms with Gasteiger partial charge in [0.2, 0.25) is 11.8 Å². The molecular weight excluding hydrogens is 432 g/mol. The van der Waals surface area contributed by atoms with Gasteiger partial charge in [0, 0.05) is 50.4 Å². The van der Waals surface area contributed by atoms with Crippen LogP contribution in [0.25, 0.3) is 0 Å². The Morgan fingerprint density at radius 2 is 0.882 bits per heavy atom. The van der Waals surface area contributed by atoms with Crippen molar-refractivity contribution < 1.29 is 19.2 Å². The summed E-state index contributed by atoms with van der Waals surface area (Å²) < 4.78 is 0. The van der Waals surface area contributed by atoms with Crippen LogP contribution in [0.2, 0.25) is 0 Å². The number of carbonyl (C=O) groups is 4. The number of nitrogens with zero attached hydrogens (tertiary/aromatic N) is 4. The maximum absolute atomic E-state index is 13.2. The number of rotatable bonds is 4. The predicted molar refractivity (Wildman–Crippen MR) is 126 cm³/mol. The molecule has 0 unspecified atom stereocenters. The Morgan fingerprint density at radius 1 is 0.529 bits per heavy atom. The van der Waals surface area contributed by atoms with Crippen LogP contribution in [0.3, 0.4) is 0 Å². The molecule has 2 atom stereocenters. The second-order valence-electron chi connectivity index (χ2n) is 9.96. The summed E-state index contributed by atoms with van der Waals surface area (Å²) in [5.41, 5.74) is 0.979. The Morgan fingerprint density at radius 3 is 1.24 bits per heavy atom. The molecule has 4 saturated heterocycles. The van der Waals surface area contributed by atoms with Crippen LogP contribution >= 0.6 is 0 Å². The first-order chi connectivity index (χ1) is 16.5. The molecule has 0 radical (unpaired) electrons. The van der Waals surface area contributed by atoms with E-state index in [2.05, 4.69) is 0 Å². The third-order valence-corrected chi connectivity index (χ3v) is 7.81. The van der Waals surface area contributed by atoms with Gasteiger partial charge in [0.15, 0.2) is 0 Å². The van der Waals surface area contributed by atoms with Gasteiger partial charge < -0.3 is 19.6 Å². The van der Waals surface area contributed by atoms with E-state index < -0.39 is 0 Å². The lowest BCUT2D eigenvalue weighted by Gasteiger charge is -2.28. The number of hydrogen-bond donors (Lipinski definition) is 0. The fraction of sp³-hybridized carbons (Fsp3) is 0.615. The zero-order chi connectivity index (χ0) is 23.7. The smallest absolute Gasteiger partial charge is 0.254 e. The van der Waals surface area contributed by atoms with Crippen molar-refractivity contribution in [1.82, 2.24) is 19.6 Å². The zero-order valence-corrected chi connectivity index (χ0v) is 19.8. The zero-order valence-electron chi connectivity index (χ0n) is 19.8. The Labute approximate surface area is 200 Å². The van der Waals surface area contributed by atoms with E-state index in [1.54, 1.807) is 34.1 Å². The second kappa shape index (κ2) is 9.76. The average molecular weight is 467 g/mol. The predicted octanol–water partition coefficient (Wildman–Crippen LogP) is 2.14. The van der Waals surface area contributed by atoms with Crippen LogP contribution in [-0.4, -0.2) is 94.6 Å². The lowest BCUT2D eigenvalue weighted by Crippen LogP contribution is -2.47. The van der Waals surface area contributed by atoms with Crippen LogP contribution in [0.1, 0.15) is 72.1 Å². The highest BCUT2D eigenvalue weighted by Crippen LogP contribution is 2.26. The summed E-state index contributed by atoms with van der Waals surface area (Å²) in [6, 6.07) is 5.96. The van der Waals surface area contributed by atoms with Gasteiger partial charge in [0.05, 0.1) is 0 Å². The molecule has 1 aromatic carbocycles. The van der Waals surface area contributed by atoms with E-state index in [9.17, 15) is 19.2 Å². The Kier molecular flexibility index (Phi) is 6.57. The normalized spacial score (nSPS) is 24.8. The minimum Gasteiger partial charge on any atom is -0.341 e. The average Bonchev–Trinajstić information content (AvgIpc) is 3.68. The van der Waals surface area contributed by atoms with Crippen molar-refractivity contribution in [2.24, 2.45) is 0 Å². The quantitative estimate of drug-likeness (QED) is 0.681. The van der Waals surface area contributed by atoms with Crippen LogP contribution in [0.15, 0.2) is 24.3 Å². The molecular formula is C26H34N4O4. The van der Waals surface area contributed by atoms with Gasteiger partial charge in [-0.05, 0) is 75.6 Å². The standard InChI is InChI=1S/C26H34N4O4/c31-23(29-17-5-7-21(29)25(33)27-13-1-2-14-27)19-9-11-20(12-10-19)24(32)30-18-6-8-22(30)26(34)28-15-3-4-16-28/h9-12,21-22H,1-8,13-18H2/t21-,22-/m0/s1. The molecule has 8 heteroatoms. The number of hydrogen-bond acceptors (Lipinski definition) is 4. The van der Waals surface area contributed by atoms with Gasteiger partial charge >= 0.3 is 0 Å². The molecule has 4 aliphatic rings. The topological polar surface area (TPSA) is 81.2 Å². The Hall–Kier alpha value is -2.90. The van der Waals surface area contributed by atoms with Gasteiger partial charge in [0.25, 0.3) is 11.8 Å². The van der Waals surface area contributed by atoms with Crippen molar-refractivity contribution >= 4 is 23.6 Å². The molecule has 0 aliphatic carbocycles. The molecule has 4 heterocycles. The summed E-state index contributed by atoms with van der Waals surface area (Å²) in [5.74, 6) is -0.176. The molecule has 34 heavy (non-hydrogen) atoms. The molecule has 4 amide bonds. The van der Waals surface area contributed by atoms with Gasteiger partial charge in [-0.25, -0.2) is 0 Å². The summed E-state index contributed by atoms with van der Waals surface area (Å²) in [7, 11) is 0. The molecule has 8 nitrogen and oxygen atoms in total. The van der Waals surface area contributed by atoms with Crippen molar-refractivity contribution in [2.45, 2.75) is 63.5 Å². The van der Waals surface area contributed by atoms with Crippen LogP contribution < -0.4 is 0 Å². The van der Waals surface area contributed by atoms with Gasteiger partial charge in [-0.2, -0.15) is 0 Å². The van der Waals surface area contributed by atoms with Crippen LogP contribution in [-0.2, 0) is 9.59 Å². The fourth-order valence-corrected chi connectivity index (χ4v) is 5.92. The van der Waals surface area contributed by atoms with E-state index in [-0.39, 0.29) is 35.7 Å². The summed E-state index contributed by atoms with van der Waals surface area (Å²) >= 11 is 0. The lowest BCUT2D eigenvalue weighted by molar-refractivity contribution is -0.134. The van der Waals surface area contributed by atoms with Gasteiger partial charge in [0.1, 0.15) is 12.1 Å². The minimum absolute atomic E-state index is 0.0675. The number of benzene rings is 1. The van der Waals surface area contributed by atoms with Crippen molar-refractivity contribution in [3.05, 3.63) is 35.4 Å². The first-order valence-electron chi connectivity index (χ1n) is 12.8. The monoisotopic (exact) mass is 466 g/mol. The SMILES string of the molecule is O=C([C@@H]1CCCN1C(=O)c1ccc(C(=O)N2CCC[C@H]2C(=O)N2CCCC2)cc1)N1CCCC1. The highest BCUT2D eigenvalue weighted by Gasteiger charge is 2.39. The van der Waals surface area contributed by atoms with E-state index in [1.807, 2.05) is 9.80 Å². The maximum atomic E-state index is 13.2. The third-order valence-electron chi connectivity index (χ3n) is 7.81. The molecule has 0 bridgehead atoms. The molecule has 0 N–H and O–H groups in total. The second-order valence-corrected chi connectivity index (χ2v) is 9.96. The van der Waals surface area contributed by atoms with Gasteiger partial charge in [-0.1, -0.05) is 0 Å². The molecule has 182 valence electrons. The molecule has 4 aliphatic heterocycles. The highest BCUT2D eigenvalue weighted by molar-refractivity contribution is 6.01. The van der Waals surface area contributed by atoms with E-state index in [4.69, 9.17) is 0 Å². The van der Waals surface area contributed by atoms with Crippen molar-refractivity contribution in [3.63, 3.8) is 0 Å². The van der Waals surface area contributed by atoms with E-state index in [1.165, 1.54) is 0 Å². The summed E-state index contributed by atoms with van der Waals surface area (Å²) in [4.78, 5) is 59.4. The summed E-state index contributed by atoms with van der Waals surface area (Å²) in [5, 5.41) is 0. The van der Waals surface area contributed by atoms with Crippen LogP contribution in [0.4, 0.5) is 0 Å². The molecule has 4 fully saturated rings. The first-order valence-corrected chi connectivity index (χ1v) is 12.8. The van der Waals surface area contributed by atoms with Crippen molar-refractivity contribution in [2.75, 3.05) is 39.3 Å². The Balaban J connectivity index is 1.25. The minimum atomic E-state index is -0.381. The lowest BCUT2D eigenvalue weighted by atomic mass is 10.1. The molecule has 5 rings (SSSR count). The molecule has 0 saturated carbocycles. The third kappa shape index (κ3) is 4.30. The summed E-state index contributed by atoms with van der Waals surface area (Å²) in [6.45, 7) is 4.30. The molecule has 0 aromatic heterocycles. The Bertz CT molecular complexity index is 873.